The maximum absolute atomic E-state index is 14.3. The number of aliphatic hydroxyl groups excluding tert-OH is 10. The minimum absolute atomic E-state index is 0.0310. The smallest absolute Gasteiger partial charge is 0.463 e. The number of unbranched alkanes of at least 4 members (excludes halogenated alkanes) is 35. The van der Waals surface area contributed by atoms with Crippen molar-refractivity contribution in [3.8, 4) is 0 Å². The maximum atomic E-state index is 14.3. The SMILES string of the molecule is CCCCCCCCCCCCCCCCCC(=O)OCC(COP(=O)(O)OC1C(OC2OC(CO)C(O)C(O)C2O)C(O)C(O)C(O)C1OC1OC(COC(=O)CCCCCCCCC(C)CCCCCCCC)C(O)C(O)C1O)OC(=O)CCCCCCCCCCCCCC. The molecule has 1 aliphatic carbocycles. The molecule has 0 aromatic carbocycles. The van der Waals surface area contributed by atoms with E-state index in [9.17, 15) is 74.9 Å². The number of rotatable bonds is 60. The van der Waals surface area contributed by atoms with Crippen molar-refractivity contribution in [2.24, 2.45) is 5.92 Å². The van der Waals surface area contributed by atoms with Crippen LogP contribution < -0.4 is 0 Å². The lowest BCUT2D eigenvalue weighted by atomic mass is 9.84. The Bertz CT molecular complexity index is 2050. The Morgan fingerprint density at radius 3 is 1.10 bits per heavy atom. The summed E-state index contributed by atoms with van der Waals surface area (Å²) in [5.74, 6) is -1.28. The molecule has 2 heterocycles. The summed E-state index contributed by atoms with van der Waals surface area (Å²) >= 11 is 0. The zero-order valence-corrected chi connectivity index (χ0v) is 61.4. The van der Waals surface area contributed by atoms with Crippen LogP contribution in [-0.2, 0) is 61.2 Å². The highest BCUT2D eigenvalue weighted by Gasteiger charge is 2.58. The molecule has 0 amide bonds. The fraction of sp³-hybridized carbons (Fsp3) is 0.959. The number of phosphoric ester groups is 1. The number of aliphatic hydroxyl groups is 10. The second-order valence-corrected chi connectivity index (χ2v) is 29.8. The Morgan fingerprint density at radius 2 is 0.714 bits per heavy atom. The van der Waals surface area contributed by atoms with Gasteiger partial charge in [-0.15, -0.1) is 0 Å². The van der Waals surface area contributed by atoms with E-state index in [0.29, 0.717) is 25.2 Å². The van der Waals surface area contributed by atoms with Gasteiger partial charge in [-0.3, -0.25) is 23.4 Å². The summed E-state index contributed by atoms with van der Waals surface area (Å²) in [4.78, 5) is 51.0. The number of phosphoric acid groups is 1. The number of ether oxygens (including phenoxy) is 7. The van der Waals surface area contributed by atoms with Gasteiger partial charge in [0.1, 0.15) is 98.7 Å². The van der Waals surface area contributed by atoms with Crippen molar-refractivity contribution in [1.29, 1.82) is 0 Å². The highest BCUT2D eigenvalue weighted by molar-refractivity contribution is 7.47. The summed E-state index contributed by atoms with van der Waals surface area (Å²) < 4.78 is 65.1. The third-order valence-corrected chi connectivity index (χ3v) is 20.5. The van der Waals surface area contributed by atoms with Crippen LogP contribution in [0.2, 0.25) is 0 Å². The molecular weight excluding hydrogens is 1290 g/mol. The van der Waals surface area contributed by atoms with E-state index in [1.165, 1.54) is 154 Å². The molecule has 3 rings (SSSR count). The highest BCUT2D eigenvalue weighted by atomic mass is 31.2. The van der Waals surface area contributed by atoms with E-state index < -0.39 is 156 Å². The molecule has 0 radical (unpaired) electrons. The molecule has 24 nitrogen and oxygen atoms in total. The first-order chi connectivity index (χ1) is 47.2. The van der Waals surface area contributed by atoms with Crippen LogP contribution in [0.3, 0.4) is 0 Å². The molecule has 0 aromatic rings. The van der Waals surface area contributed by atoms with E-state index >= 15 is 0 Å². The van der Waals surface area contributed by atoms with E-state index in [1.54, 1.807) is 0 Å². The maximum Gasteiger partial charge on any atom is 0.472 e. The Kier molecular flexibility index (Phi) is 50.2. The van der Waals surface area contributed by atoms with Crippen LogP contribution in [0.4, 0.5) is 0 Å². The number of hydrogen-bond acceptors (Lipinski definition) is 23. The minimum Gasteiger partial charge on any atom is -0.463 e. The molecule has 1 saturated carbocycles. The van der Waals surface area contributed by atoms with Crippen molar-refractivity contribution < 1.29 is 117 Å². The normalized spacial score (nSPS) is 27.9. The quantitative estimate of drug-likeness (QED) is 0.0117. The largest absolute Gasteiger partial charge is 0.472 e. The number of carbonyl (C=O) groups is 3. The fourth-order valence-electron chi connectivity index (χ4n) is 13.1. The Labute approximate surface area is 587 Å². The lowest BCUT2D eigenvalue weighted by molar-refractivity contribution is -0.360. The second kappa shape index (κ2) is 54.6. The number of esters is 3. The van der Waals surface area contributed by atoms with E-state index in [-0.39, 0.29) is 19.3 Å². The highest BCUT2D eigenvalue weighted by Crippen LogP contribution is 2.49. The monoisotopic (exact) mass is 1430 g/mol. The molecule has 3 aliphatic rings. The Balaban J connectivity index is 1.72. The van der Waals surface area contributed by atoms with Crippen LogP contribution in [0.5, 0.6) is 0 Å². The second-order valence-electron chi connectivity index (χ2n) is 28.4. The van der Waals surface area contributed by atoms with Crippen LogP contribution >= 0.6 is 7.82 Å². The molecule has 2 aliphatic heterocycles. The zero-order valence-electron chi connectivity index (χ0n) is 60.5. The zero-order chi connectivity index (χ0) is 71.9. The van der Waals surface area contributed by atoms with Gasteiger partial charge in [0.15, 0.2) is 18.7 Å². The average molecular weight is 1430 g/mol. The Hall–Kier alpha value is -2.04. The Morgan fingerprint density at radius 1 is 0.388 bits per heavy atom. The van der Waals surface area contributed by atoms with Gasteiger partial charge in [-0.1, -0.05) is 272 Å². The third kappa shape index (κ3) is 37.6. The van der Waals surface area contributed by atoms with Crippen molar-refractivity contribution >= 4 is 25.7 Å². The molecule has 0 spiro atoms. The molecule has 25 heteroatoms. The fourth-order valence-corrected chi connectivity index (χ4v) is 14.1. The molecule has 19 unspecified atom stereocenters. The summed E-state index contributed by atoms with van der Waals surface area (Å²) in [5.41, 5.74) is 0. The van der Waals surface area contributed by atoms with Crippen molar-refractivity contribution in [2.75, 3.05) is 26.4 Å². The number of hydrogen-bond donors (Lipinski definition) is 11. The van der Waals surface area contributed by atoms with E-state index in [2.05, 4.69) is 27.7 Å². The summed E-state index contributed by atoms with van der Waals surface area (Å²) in [6.45, 7) is 5.79. The molecule has 3 fully saturated rings. The predicted octanol–water partition coefficient (Wildman–Crippen LogP) is 10.8. The topological polar surface area (TPSA) is 374 Å². The lowest BCUT2D eigenvalue weighted by Crippen LogP contribution is -2.69. The van der Waals surface area contributed by atoms with Crippen LogP contribution in [0, 0.1) is 5.92 Å². The molecule has 98 heavy (non-hydrogen) atoms. The van der Waals surface area contributed by atoms with E-state index in [4.69, 9.17) is 42.2 Å². The first-order valence-corrected chi connectivity index (χ1v) is 40.2. The first kappa shape index (κ1) is 90.2. The molecule has 11 N–H and O–H groups in total. The molecule has 0 bridgehead atoms. The summed E-state index contributed by atoms with van der Waals surface area (Å²) in [5, 5.41) is 110. The van der Waals surface area contributed by atoms with Crippen LogP contribution in [0.15, 0.2) is 0 Å². The third-order valence-electron chi connectivity index (χ3n) is 19.5. The minimum atomic E-state index is -5.69. The van der Waals surface area contributed by atoms with Gasteiger partial charge in [-0.2, -0.15) is 0 Å². The van der Waals surface area contributed by atoms with Gasteiger partial charge in [-0.05, 0) is 25.2 Å². The van der Waals surface area contributed by atoms with Gasteiger partial charge in [0, 0.05) is 19.3 Å². The summed E-state index contributed by atoms with van der Waals surface area (Å²) in [6, 6.07) is 0. The van der Waals surface area contributed by atoms with E-state index in [0.717, 1.165) is 89.9 Å². The lowest BCUT2D eigenvalue weighted by Gasteiger charge is -2.49. The van der Waals surface area contributed by atoms with E-state index in [1.807, 2.05) is 0 Å². The van der Waals surface area contributed by atoms with Gasteiger partial charge in [0.05, 0.1) is 13.2 Å². The molecule has 578 valence electrons. The first-order valence-electron chi connectivity index (χ1n) is 38.7. The van der Waals surface area contributed by atoms with Gasteiger partial charge in [-0.25, -0.2) is 4.57 Å². The number of carbonyl (C=O) groups excluding carboxylic acids is 3. The molecule has 0 aromatic heterocycles. The van der Waals surface area contributed by atoms with Crippen molar-refractivity contribution in [3.63, 3.8) is 0 Å². The van der Waals surface area contributed by atoms with Crippen LogP contribution in [0.1, 0.15) is 310 Å². The van der Waals surface area contributed by atoms with Gasteiger partial charge in [0.25, 0.3) is 0 Å². The van der Waals surface area contributed by atoms with Crippen molar-refractivity contribution in [1.82, 2.24) is 0 Å². The van der Waals surface area contributed by atoms with Crippen LogP contribution in [0.25, 0.3) is 0 Å². The molecule has 19 atom stereocenters. The average Bonchev–Trinajstić information content (AvgIpc) is 0.762. The van der Waals surface area contributed by atoms with Crippen molar-refractivity contribution in [3.05, 3.63) is 0 Å². The summed E-state index contributed by atoms with van der Waals surface area (Å²) in [7, 11) is -5.69. The molecular formula is C73H137O24P. The van der Waals surface area contributed by atoms with Gasteiger partial charge in [0.2, 0.25) is 0 Å². The van der Waals surface area contributed by atoms with Gasteiger partial charge < -0.3 is 89.1 Å². The standard InChI is InChI=1S/C73H137O24P/c1-5-8-11-14-17-19-21-23-24-25-27-28-30-36-41-46-57(75)89-50-54(92-59(77)48-43-38-31-29-26-22-20-18-15-12-9-6-2)51-91-98(87,88)97-71-69(95-72-67(85)62(80)60(78)55(49-74)93-72)65(83)64(82)66(84)70(71)96-73-68(86)63(81)61(79)56(94-73)52-90-58(76)47-42-37-33-32-35-40-45-53(4)44-39-34-16-13-10-7-3/h53-56,60-74,78-86H,5-52H2,1-4H3,(H,87,88). The summed E-state index contributed by atoms with van der Waals surface area (Å²) in [6.07, 6.45) is 10.3. The van der Waals surface area contributed by atoms with Crippen LogP contribution in [-0.4, -0.2) is 204 Å². The molecule has 2 saturated heterocycles. The van der Waals surface area contributed by atoms with Gasteiger partial charge >= 0.3 is 25.7 Å². The van der Waals surface area contributed by atoms with Crippen molar-refractivity contribution in [2.45, 2.75) is 414 Å². The predicted molar refractivity (Wildman–Crippen MR) is 370 cm³/mol.